The van der Waals surface area contributed by atoms with Crippen LogP contribution in [0, 0.1) is 6.92 Å². The van der Waals surface area contributed by atoms with Crippen LogP contribution in [-0.4, -0.2) is 26.1 Å². The summed E-state index contributed by atoms with van der Waals surface area (Å²) < 4.78 is 0. The molecule has 0 saturated heterocycles. The lowest BCUT2D eigenvalue weighted by Crippen LogP contribution is -2.37. The fraction of sp³-hybridized carbons (Fsp3) is 0.462. The van der Waals surface area contributed by atoms with Crippen molar-refractivity contribution in [3.05, 3.63) is 23.8 Å². The Bertz CT molecular complexity index is 423. The second-order valence-electron chi connectivity index (χ2n) is 4.74. The minimum Gasteiger partial charge on any atom is -0.377 e. The fourth-order valence-corrected chi connectivity index (χ4v) is 1.67. The van der Waals surface area contributed by atoms with Crippen LogP contribution in [0.1, 0.15) is 19.4 Å². The van der Waals surface area contributed by atoms with E-state index in [-0.39, 0.29) is 6.04 Å². The van der Waals surface area contributed by atoms with Gasteiger partial charge in [0, 0.05) is 31.5 Å². The van der Waals surface area contributed by atoms with Crippen molar-refractivity contribution in [1.29, 1.82) is 0 Å². The summed E-state index contributed by atoms with van der Waals surface area (Å²) in [4.78, 5) is 6.42. The van der Waals surface area contributed by atoms with Gasteiger partial charge in [-0.1, -0.05) is 6.07 Å². The smallest absolute Gasteiger partial charge is 0.210 e. The molecule has 0 fully saturated rings. The molecule has 0 aliphatic carbocycles. The van der Waals surface area contributed by atoms with Gasteiger partial charge in [-0.2, -0.15) is 0 Å². The molecule has 0 unspecified atom stereocenters. The first-order valence-electron chi connectivity index (χ1n) is 6.03. The first-order chi connectivity index (χ1) is 8.43. The molecule has 0 aliphatic rings. The van der Waals surface area contributed by atoms with Crippen molar-refractivity contribution in [3.63, 3.8) is 0 Å². The molecule has 0 heterocycles. The third-order valence-corrected chi connectivity index (χ3v) is 2.48. The number of nitrogens with one attached hydrogen (secondary N) is 2. The maximum absolute atomic E-state index is 5.44. The fourth-order valence-electron chi connectivity index (χ4n) is 1.67. The number of nitrogens with two attached hydrogens (primary N) is 1. The van der Waals surface area contributed by atoms with E-state index in [9.17, 15) is 0 Å². The van der Waals surface area contributed by atoms with Gasteiger partial charge in [0.15, 0.2) is 0 Å². The zero-order valence-electron chi connectivity index (χ0n) is 11.8. The molecule has 18 heavy (non-hydrogen) atoms. The molecule has 1 aromatic carbocycles. The van der Waals surface area contributed by atoms with Crippen LogP contribution in [0.4, 0.5) is 11.4 Å². The number of anilines is 2. The van der Waals surface area contributed by atoms with Crippen molar-refractivity contribution in [2.45, 2.75) is 26.8 Å². The van der Waals surface area contributed by atoms with Crippen LogP contribution < -0.4 is 21.5 Å². The number of hydrogen-bond donors (Lipinski definition) is 3. The summed E-state index contributed by atoms with van der Waals surface area (Å²) in [6, 6.07) is 6.33. The number of guanidine groups is 1. The number of hydrazine groups is 1. The van der Waals surface area contributed by atoms with E-state index in [1.54, 1.807) is 0 Å². The molecule has 0 saturated carbocycles. The summed E-state index contributed by atoms with van der Waals surface area (Å²) in [5.74, 6) is 6.01. The molecule has 0 atom stereocenters. The average Bonchev–Trinajstić information content (AvgIpc) is 2.29. The molecular formula is C13H23N5. The van der Waals surface area contributed by atoms with E-state index in [0.717, 1.165) is 5.69 Å². The summed E-state index contributed by atoms with van der Waals surface area (Å²) >= 11 is 0. The summed E-state index contributed by atoms with van der Waals surface area (Å²) in [5, 5.41) is 3.17. The molecule has 1 aromatic rings. The van der Waals surface area contributed by atoms with Gasteiger partial charge < -0.3 is 10.2 Å². The Kier molecular flexibility index (Phi) is 4.97. The molecule has 5 heteroatoms. The Balaban J connectivity index is 2.94. The van der Waals surface area contributed by atoms with E-state index in [4.69, 9.17) is 5.84 Å². The van der Waals surface area contributed by atoms with Crippen LogP contribution in [0.2, 0.25) is 0 Å². The predicted octanol–water partition coefficient (Wildman–Crippen LogP) is 1.70. The zero-order chi connectivity index (χ0) is 13.7. The molecule has 4 N–H and O–H groups in total. The quantitative estimate of drug-likeness (QED) is 0.330. The van der Waals surface area contributed by atoms with Gasteiger partial charge in [0.1, 0.15) is 0 Å². The molecule has 0 bridgehead atoms. The van der Waals surface area contributed by atoms with E-state index in [2.05, 4.69) is 39.7 Å². The molecule has 0 radical (unpaired) electrons. The van der Waals surface area contributed by atoms with E-state index in [0.29, 0.717) is 5.96 Å². The largest absolute Gasteiger partial charge is 0.377 e. The summed E-state index contributed by atoms with van der Waals surface area (Å²) in [5.41, 5.74) is 5.93. The number of rotatable bonds is 3. The van der Waals surface area contributed by atoms with Crippen LogP contribution in [0.3, 0.4) is 0 Å². The Morgan fingerprint density at radius 2 is 2.00 bits per heavy atom. The van der Waals surface area contributed by atoms with Crippen molar-refractivity contribution in [1.82, 2.24) is 5.43 Å². The first kappa shape index (κ1) is 14.3. The third-order valence-electron chi connectivity index (χ3n) is 2.48. The predicted molar refractivity (Wildman–Crippen MR) is 79.0 cm³/mol. The van der Waals surface area contributed by atoms with Crippen LogP contribution in [0.15, 0.2) is 23.2 Å². The number of aryl methyl sites for hydroxylation is 1. The van der Waals surface area contributed by atoms with Crippen molar-refractivity contribution in [2.75, 3.05) is 24.3 Å². The van der Waals surface area contributed by atoms with Crippen LogP contribution in [0.5, 0.6) is 0 Å². The highest BCUT2D eigenvalue weighted by molar-refractivity contribution is 5.93. The van der Waals surface area contributed by atoms with Gasteiger partial charge in [0.05, 0.1) is 0 Å². The highest BCUT2D eigenvalue weighted by Crippen LogP contribution is 2.22. The van der Waals surface area contributed by atoms with Gasteiger partial charge in [-0.15, -0.1) is 0 Å². The molecular weight excluding hydrogens is 226 g/mol. The normalized spacial score (nSPS) is 11.6. The lowest BCUT2D eigenvalue weighted by atomic mass is 10.1. The topological polar surface area (TPSA) is 65.7 Å². The molecule has 5 nitrogen and oxygen atoms in total. The standard InChI is InChI=1S/C13H23N5/c1-9(2)15-13(17-14)16-11-7-6-10(3)12(8-11)18(4)5/h6-9H,14H2,1-5H3,(H2,15,16,17). The van der Waals surface area contributed by atoms with E-state index in [1.165, 1.54) is 11.3 Å². The van der Waals surface area contributed by atoms with Gasteiger partial charge in [0.2, 0.25) is 5.96 Å². The second-order valence-corrected chi connectivity index (χ2v) is 4.74. The number of nitrogens with zero attached hydrogens (tertiary/aromatic N) is 2. The van der Waals surface area contributed by atoms with E-state index in [1.807, 2.05) is 34.0 Å². The highest BCUT2D eigenvalue weighted by atomic mass is 15.3. The van der Waals surface area contributed by atoms with Gasteiger partial charge in [-0.05, 0) is 38.5 Å². The minimum atomic E-state index is 0.183. The number of hydrogen-bond acceptors (Lipinski definition) is 3. The molecule has 0 aliphatic heterocycles. The van der Waals surface area contributed by atoms with Gasteiger partial charge in [-0.25, -0.2) is 10.8 Å². The molecule has 100 valence electrons. The summed E-state index contributed by atoms with van der Waals surface area (Å²) in [6.45, 7) is 6.09. The third kappa shape index (κ3) is 3.92. The van der Waals surface area contributed by atoms with Crippen LogP contribution in [-0.2, 0) is 0 Å². The Hall–Kier alpha value is -1.75. The average molecular weight is 249 g/mol. The van der Waals surface area contributed by atoms with Gasteiger partial charge in [0.25, 0.3) is 0 Å². The molecule has 1 rings (SSSR count). The second kappa shape index (κ2) is 6.26. The first-order valence-corrected chi connectivity index (χ1v) is 6.03. The summed E-state index contributed by atoms with van der Waals surface area (Å²) in [7, 11) is 4.05. The van der Waals surface area contributed by atoms with Crippen molar-refractivity contribution >= 4 is 17.3 Å². The Morgan fingerprint density at radius 1 is 1.33 bits per heavy atom. The van der Waals surface area contributed by atoms with Crippen molar-refractivity contribution in [2.24, 2.45) is 10.8 Å². The van der Waals surface area contributed by atoms with E-state index >= 15 is 0 Å². The maximum Gasteiger partial charge on any atom is 0.210 e. The lowest BCUT2D eigenvalue weighted by molar-refractivity contribution is 0.819. The monoisotopic (exact) mass is 249 g/mol. The van der Waals surface area contributed by atoms with E-state index < -0.39 is 0 Å². The van der Waals surface area contributed by atoms with Crippen LogP contribution in [0.25, 0.3) is 0 Å². The van der Waals surface area contributed by atoms with Crippen LogP contribution >= 0.6 is 0 Å². The number of benzene rings is 1. The maximum atomic E-state index is 5.44. The Labute approximate surface area is 109 Å². The SMILES string of the molecule is Cc1ccc(NC(=NC(C)C)NN)cc1N(C)C. The zero-order valence-corrected chi connectivity index (χ0v) is 11.8. The lowest BCUT2D eigenvalue weighted by Gasteiger charge is -2.18. The Morgan fingerprint density at radius 3 is 2.50 bits per heavy atom. The van der Waals surface area contributed by atoms with Crippen molar-refractivity contribution < 1.29 is 0 Å². The molecule has 0 aromatic heterocycles. The van der Waals surface area contributed by atoms with Gasteiger partial charge >= 0.3 is 0 Å². The van der Waals surface area contributed by atoms with Crippen molar-refractivity contribution in [3.8, 4) is 0 Å². The number of aliphatic imine (C=N–C) groups is 1. The minimum absolute atomic E-state index is 0.183. The highest BCUT2D eigenvalue weighted by Gasteiger charge is 2.04. The molecule has 0 spiro atoms. The van der Waals surface area contributed by atoms with Gasteiger partial charge in [-0.3, -0.25) is 5.43 Å². The summed E-state index contributed by atoms with van der Waals surface area (Å²) in [6.07, 6.45) is 0. The molecule has 0 amide bonds.